The number of carboxylic acid groups (broad SMARTS) is 1. The van der Waals surface area contributed by atoms with Crippen LogP contribution in [0, 0.1) is 5.92 Å². The Bertz CT molecular complexity index is 1110. The minimum atomic E-state index is -3.31. The van der Waals surface area contributed by atoms with E-state index in [0.717, 1.165) is 22.2 Å². The van der Waals surface area contributed by atoms with Gasteiger partial charge in [0.1, 0.15) is 5.82 Å². The zero-order chi connectivity index (χ0) is 21.7. The molecule has 0 radical (unpaired) electrons. The fraction of sp³-hybridized carbons (Fsp3) is 0.350. The second kappa shape index (κ2) is 9.33. The average Bonchev–Trinajstić information content (AvgIpc) is 3.36. The highest BCUT2D eigenvalue weighted by molar-refractivity contribution is 7.89. The van der Waals surface area contributed by atoms with Crippen molar-refractivity contribution >= 4 is 27.3 Å². The highest BCUT2D eigenvalue weighted by Gasteiger charge is 2.35. The monoisotopic (exact) mass is 432 g/mol. The molecule has 10 heteroatoms. The molecule has 0 spiro atoms. The third-order valence-electron chi connectivity index (χ3n) is 5.09. The van der Waals surface area contributed by atoms with Gasteiger partial charge in [0.2, 0.25) is 10.0 Å². The van der Waals surface area contributed by atoms with E-state index in [1.54, 1.807) is 26.5 Å². The second-order valence-corrected chi connectivity index (χ2v) is 9.32. The van der Waals surface area contributed by atoms with Crippen molar-refractivity contribution in [3.63, 3.8) is 0 Å². The molecule has 0 unspecified atom stereocenters. The number of benzene rings is 1. The molecular weight excluding hydrogens is 408 g/mol. The van der Waals surface area contributed by atoms with Crippen LogP contribution in [0.25, 0.3) is 22.2 Å². The molecule has 1 fully saturated rings. The van der Waals surface area contributed by atoms with Crippen molar-refractivity contribution in [2.75, 3.05) is 33.1 Å². The number of hydrogen-bond acceptors (Lipinski definition) is 6. The van der Waals surface area contributed by atoms with Crippen molar-refractivity contribution in [1.29, 1.82) is 0 Å². The van der Waals surface area contributed by atoms with Crippen LogP contribution >= 0.6 is 0 Å². The van der Waals surface area contributed by atoms with Crippen molar-refractivity contribution in [2.24, 2.45) is 5.92 Å². The number of fused-ring (bicyclic) bond motifs is 1. The van der Waals surface area contributed by atoms with Gasteiger partial charge in [-0.05, 0) is 11.5 Å². The lowest BCUT2D eigenvalue weighted by atomic mass is 10.0. The van der Waals surface area contributed by atoms with Gasteiger partial charge in [-0.15, -0.1) is 0 Å². The van der Waals surface area contributed by atoms with Crippen LogP contribution < -0.4 is 0 Å². The predicted molar refractivity (Wildman–Crippen MR) is 112 cm³/mol. The van der Waals surface area contributed by atoms with Crippen LogP contribution in [-0.2, 0) is 19.6 Å². The molecule has 3 aromatic rings. The van der Waals surface area contributed by atoms with Crippen LogP contribution in [0.1, 0.15) is 6.04 Å². The SMILES string of the molecule is CN(C)S(=O)(=O)C[C@H]1COC[C@H]1n1ccnc1-c1cccc2cnccc12.O=CO. The Morgan fingerprint density at radius 1 is 1.27 bits per heavy atom. The van der Waals surface area contributed by atoms with E-state index in [9.17, 15) is 8.42 Å². The first kappa shape index (κ1) is 21.9. The van der Waals surface area contributed by atoms with Gasteiger partial charge in [-0.2, -0.15) is 0 Å². The summed E-state index contributed by atoms with van der Waals surface area (Å²) in [5.41, 5.74) is 1.00. The highest BCUT2D eigenvalue weighted by Crippen LogP contribution is 2.34. The van der Waals surface area contributed by atoms with Crippen LogP contribution in [0.15, 0.2) is 49.1 Å². The fourth-order valence-electron chi connectivity index (χ4n) is 3.58. The van der Waals surface area contributed by atoms with Crippen molar-refractivity contribution in [1.82, 2.24) is 18.8 Å². The number of rotatable bonds is 5. The molecule has 4 rings (SSSR count). The average molecular weight is 433 g/mol. The zero-order valence-electron chi connectivity index (χ0n) is 16.7. The number of nitrogens with zero attached hydrogens (tertiary/aromatic N) is 4. The van der Waals surface area contributed by atoms with Gasteiger partial charge < -0.3 is 14.4 Å². The number of hydrogen-bond donors (Lipinski definition) is 1. The summed E-state index contributed by atoms with van der Waals surface area (Å²) in [6, 6.07) is 7.93. The lowest BCUT2D eigenvalue weighted by Gasteiger charge is -2.23. The van der Waals surface area contributed by atoms with Gasteiger partial charge in [-0.1, -0.05) is 18.2 Å². The maximum atomic E-state index is 12.4. The third kappa shape index (κ3) is 4.50. The Morgan fingerprint density at radius 3 is 2.77 bits per heavy atom. The van der Waals surface area contributed by atoms with E-state index in [0.29, 0.717) is 13.2 Å². The van der Waals surface area contributed by atoms with Crippen LogP contribution in [-0.4, -0.2) is 71.9 Å². The van der Waals surface area contributed by atoms with Crippen molar-refractivity contribution in [3.05, 3.63) is 49.1 Å². The van der Waals surface area contributed by atoms with Crippen molar-refractivity contribution in [3.8, 4) is 11.4 Å². The van der Waals surface area contributed by atoms with E-state index in [1.165, 1.54) is 4.31 Å². The molecule has 0 amide bonds. The number of carbonyl (C=O) groups is 1. The minimum Gasteiger partial charge on any atom is -0.483 e. The van der Waals surface area contributed by atoms with Gasteiger partial charge in [0.15, 0.2) is 0 Å². The minimum absolute atomic E-state index is 0.0573. The van der Waals surface area contributed by atoms with Gasteiger partial charge >= 0.3 is 0 Å². The molecule has 1 aliphatic heterocycles. The van der Waals surface area contributed by atoms with E-state index in [-0.39, 0.29) is 24.2 Å². The van der Waals surface area contributed by atoms with E-state index in [1.807, 2.05) is 36.7 Å². The first-order valence-electron chi connectivity index (χ1n) is 9.30. The molecule has 1 saturated heterocycles. The summed E-state index contributed by atoms with van der Waals surface area (Å²) >= 11 is 0. The van der Waals surface area contributed by atoms with Crippen molar-refractivity contribution in [2.45, 2.75) is 6.04 Å². The van der Waals surface area contributed by atoms with Crippen LogP contribution in [0.4, 0.5) is 0 Å². The van der Waals surface area contributed by atoms with Gasteiger partial charge in [-0.3, -0.25) is 9.78 Å². The van der Waals surface area contributed by atoms with Gasteiger partial charge in [0.05, 0.1) is 25.0 Å². The molecule has 0 bridgehead atoms. The summed E-state index contributed by atoms with van der Waals surface area (Å²) in [5.74, 6) is 0.749. The maximum Gasteiger partial charge on any atom is 0.290 e. The summed E-state index contributed by atoms with van der Waals surface area (Å²) in [6.07, 6.45) is 7.26. The predicted octanol–water partition coefficient (Wildman–Crippen LogP) is 1.88. The molecule has 160 valence electrons. The summed E-state index contributed by atoms with van der Waals surface area (Å²) in [5, 5.41) is 9.00. The Balaban J connectivity index is 0.000000806. The zero-order valence-corrected chi connectivity index (χ0v) is 17.6. The third-order valence-corrected chi connectivity index (χ3v) is 7.06. The van der Waals surface area contributed by atoms with Crippen LogP contribution in [0.2, 0.25) is 0 Å². The molecular formula is C20H24N4O5S. The maximum absolute atomic E-state index is 12.4. The topological polar surface area (TPSA) is 115 Å². The Morgan fingerprint density at radius 2 is 2.03 bits per heavy atom. The molecule has 1 aliphatic rings. The van der Waals surface area contributed by atoms with E-state index < -0.39 is 10.0 Å². The quantitative estimate of drug-likeness (QED) is 0.612. The Hall–Kier alpha value is -2.82. The molecule has 2 aromatic heterocycles. The van der Waals surface area contributed by atoms with Crippen LogP contribution in [0.3, 0.4) is 0 Å². The molecule has 1 N–H and O–H groups in total. The lowest BCUT2D eigenvalue weighted by Crippen LogP contribution is -2.32. The van der Waals surface area contributed by atoms with E-state index in [2.05, 4.69) is 14.5 Å². The Kier molecular flexibility index (Phi) is 6.80. The molecule has 30 heavy (non-hydrogen) atoms. The normalized spacial score (nSPS) is 18.9. The van der Waals surface area contributed by atoms with E-state index >= 15 is 0 Å². The smallest absolute Gasteiger partial charge is 0.290 e. The van der Waals surface area contributed by atoms with Gasteiger partial charge in [0, 0.05) is 55.8 Å². The molecule has 0 saturated carbocycles. The molecule has 3 heterocycles. The first-order chi connectivity index (χ1) is 14.4. The second-order valence-electron chi connectivity index (χ2n) is 7.09. The largest absolute Gasteiger partial charge is 0.483 e. The summed E-state index contributed by atoms with van der Waals surface area (Å²) < 4.78 is 33.7. The lowest BCUT2D eigenvalue weighted by molar-refractivity contribution is -0.122. The summed E-state index contributed by atoms with van der Waals surface area (Å²) in [7, 11) is -0.182. The van der Waals surface area contributed by atoms with Crippen LogP contribution in [0.5, 0.6) is 0 Å². The first-order valence-corrected chi connectivity index (χ1v) is 10.9. The number of sulfonamides is 1. The molecule has 1 aromatic carbocycles. The molecule has 0 aliphatic carbocycles. The summed E-state index contributed by atoms with van der Waals surface area (Å²) in [4.78, 5) is 17.1. The Labute approximate surface area is 175 Å². The number of imidazole rings is 1. The molecule has 2 atom stereocenters. The van der Waals surface area contributed by atoms with Crippen molar-refractivity contribution < 1.29 is 23.1 Å². The highest BCUT2D eigenvalue weighted by atomic mass is 32.2. The van der Waals surface area contributed by atoms with E-state index in [4.69, 9.17) is 14.6 Å². The number of pyridine rings is 1. The number of aromatic nitrogens is 3. The standard InChI is InChI=1S/C19H22N4O3S.CH2O2/c1-22(2)27(24,25)13-15-11-26-12-18(15)23-9-8-21-19(23)17-5-3-4-14-10-20-7-6-16(14)17;2-1-3/h3-10,15,18H,11-13H2,1-2H3;1H,(H,2,3)/t15-,18-;/m1./s1. The van der Waals surface area contributed by atoms with Gasteiger partial charge in [-0.25, -0.2) is 17.7 Å². The summed E-state index contributed by atoms with van der Waals surface area (Å²) in [6.45, 7) is 0.651. The molecule has 9 nitrogen and oxygen atoms in total. The van der Waals surface area contributed by atoms with Gasteiger partial charge in [0.25, 0.3) is 6.47 Å². The fourth-order valence-corrected chi connectivity index (χ4v) is 4.74. The number of ether oxygens (including phenoxy) is 1.